The van der Waals surface area contributed by atoms with Crippen molar-refractivity contribution in [1.29, 1.82) is 0 Å². The van der Waals surface area contributed by atoms with E-state index >= 15 is 0 Å². The van der Waals surface area contributed by atoms with Crippen LogP contribution < -0.4 is 0 Å². The minimum atomic E-state index is 0.662. The minimum absolute atomic E-state index is 0.662. The number of aryl methyl sites for hydroxylation is 1. The fourth-order valence-electron chi connectivity index (χ4n) is 0.885. The molecule has 0 aliphatic carbocycles. The third-order valence-electron chi connectivity index (χ3n) is 1.59. The number of thiol groups is 1. The topological polar surface area (TPSA) is 26.0 Å². The van der Waals surface area contributed by atoms with Crippen LogP contribution in [0.3, 0.4) is 0 Å². The van der Waals surface area contributed by atoms with Gasteiger partial charge in [0.05, 0.1) is 5.69 Å². The van der Waals surface area contributed by atoms with Crippen LogP contribution in [0.15, 0.2) is 4.52 Å². The first-order chi connectivity index (χ1) is 4.79. The highest BCUT2D eigenvalue weighted by Gasteiger charge is 2.06. The third-order valence-corrected chi connectivity index (χ3v) is 1.89. The molecule has 1 heterocycles. The molecular formula is C7H11NOS. The fraction of sp³-hybridized carbons (Fsp3) is 0.571. The average Bonchev–Trinajstić information content (AvgIpc) is 2.30. The Bertz CT molecular complexity index is 198. The van der Waals surface area contributed by atoms with Gasteiger partial charge in [-0.2, -0.15) is 12.6 Å². The second-order valence-electron chi connectivity index (χ2n) is 2.19. The van der Waals surface area contributed by atoms with Crippen LogP contribution in [0.2, 0.25) is 0 Å². The van der Waals surface area contributed by atoms with E-state index in [1.165, 1.54) is 0 Å². The highest BCUT2D eigenvalue weighted by atomic mass is 32.1. The van der Waals surface area contributed by atoms with Gasteiger partial charge in [0.15, 0.2) is 0 Å². The van der Waals surface area contributed by atoms with E-state index in [-0.39, 0.29) is 0 Å². The molecule has 0 saturated carbocycles. The zero-order valence-electron chi connectivity index (χ0n) is 6.22. The highest BCUT2D eigenvalue weighted by Crippen LogP contribution is 2.14. The molecule has 56 valence electrons. The van der Waals surface area contributed by atoms with E-state index in [4.69, 9.17) is 4.52 Å². The van der Waals surface area contributed by atoms with Crippen LogP contribution in [-0.4, -0.2) is 5.16 Å². The fourth-order valence-corrected chi connectivity index (χ4v) is 1.18. The molecule has 0 atom stereocenters. The summed E-state index contributed by atoms with van der Waals surface area (Å²) in [4.78, 5) is 0. The molecule has 1 rings (SSSR count). The van der Waals surface area contributed by atoms with Gasteiger partial charge in [-0.25, -0.2) is 0 Å². The highest BCUT2D eigenvalue weighted by molar-refractivity contribution is 7.79. The van der Waals surface area contributed by atoms with E-state index in [1.807, 2.05) is 6.92 Å². The van der Waals surface area contributed by atoms with Crippen LogP contribution in [0, 0.1) is 6.92 Å². The molecule has 3 heteroatoms. The first-order valence-electron chi connectivity index (χ1n) is 3.34. The van der Waals surface area contributed by atoms with Crippen LogP contribution in [0.1, 0.15) is 23.9 Å². The van der Waals surface area contributed by atoms with Gasteiger partial charge in [0, 0.05) is 17.7 Å². The molecule has 1 aromatic heterocycles. The van der Waals surface area contributed by atoms with Gasteiger partial charge in [-0.15, -0.1) is 0 Å². The van der Waals surface area contributed by atoms with Crippen LogP contribution in [0.5, 0.6) is 0 Å². The second kappa shape index (κ2) is 3.10. The number of nitrogens with zero attached hydrogens (tertiary/aromatic N) is 1. The molecule has 0 radical (unpaired) electrons. The van der Waals surface area contributed by atoms with Crippen molar-refractivity contribution in [2.45, 2.75) is 26.0 Å². The van der Waals surface area contributed by atoms with E-state index < -0.39 is 0 Å². The van der Waals surface area contributed by atoms with E-state index in [0.717, 1.165) is 23.4 Å². The third kappa shape index (κ3) is 1.19. The molecule has 2 nitrogen and oxygen atoms in total. The molecule has 1 aromatic rings. The molecule has 0 unspecified atom stereocenters. The Kier molecular flexibility index (Phi) is 2.38. The monoisotopic (exact) mass is 157 g/mol. The molecule has 0 fully saturated rings. The van der Waals surface area contributed by atoms with Crippen LogP contribution in [0.25, 0.3) is 0 Å². The molecule has 0 spiro atoms. The Morgan fingerprint density at radius 1 is 1.60 bits per heavy atom. The predicted octanol–water partition coefficient (Wildman–Crippen LogP) is 1.98. The van der Waals surface area contributed by atoms with E-state index in [0.29, 0.717) is 5.75 Å². The van der Waals surface area contributed by atoms with E-state index in [2.05, 4.69) is 24.7 Å². The molecule has 0 aliphatic heterocycles. The number of rotatable bonds is 2. The number of hydrogen-bond donors (Lipinski definition) is 1. The van der Waals surface area contributed by atoms with Gasteiger partial charge >= 0.3 is 0 Å². The van der Waals surface area contributed by atoms with Crippen molar-refractivity contribution in [2.24, 2.45) is 0 Å². The van der Waals surface area contributed by atoms with Gasteiger partial charge in [0.2, 0.25) is 0 Å². The van der Waals surface area contributed by atoms with Crippen LogP contribution in [0.4, 0.5) is 0 Å². The molecule has 10 heavy (non-hydrogen) atoms. The normalized spacial score (nSPS) is 10.3. The summed E-state index contributed by atoms with van der Waals surface area (Å²) in [6, 6.07) is 0. The summed E-state index contributed by atoms with van der Waals surface area (Å²) in [5.74, 6) is 1.64. The van der Waals surface area contributed by atoms with E-state index in [1.54, 1.807) is 0 Å². The molecule has 0 saturated heterocycles. The maximum atomic E-state index is 5.04. The van der Waals surface area contributed by atoms with Gasteiger partial charge in [-0.3, -0.25) is 0 Å². The molecule has 0 amide bonds. The zero-order valence-corrected chi connectivity index (χ0v) is 7.11. The van der Waals surface area contributed by atoms with Crippen LogP contribution in [-0.2, 0) is 12.2 Å². The summed E-state index contributed by atoms with van der Waals surface area (Å²) in [5.41, 5.74) is 2.11. The van der Waals surface area contributed by atoms with E-state index in [9.17, 15) is 0 Å². The summed E-state index contributed by atoms with van der Waals surface area (Å²) in [7, 11) is 0. The van der Waals surface area contributed by atoms with Gasteiger partial charge in [-0.05, 0) is 6.92 Å². The molecular weight excluding hydrogens is 146 g/mol. The first kappa shape index (κ1) is 7.66. The lowest BCUT2D eigenvalue weighted by atomic mass is 10.2. The largest absolute Gasteiger partial charge is 0.361 e. The number of hydrogen-bond acceptors (Lipinski definition) is 3. The quantitative estimate of drug-likeness (QED) is 0.664. The molecule has 0 aliphatic rings. The molecule has 0 N–H and O–H groups in total. The van der Waals surface area contributed by atoms with Crippen molar-refractivity contribution in [3.8, 4) is 0 Å². The lowest BCUT2D eigenvalue weighted by molar-refractivity contribution is 0.382. The maximum absolute atomic E-state index is 5.04. The van der Waals surface area contributed by atoms with Crippen molar-refractivity contribution < 1.29 is 4.52 Å². The zero-order chi connectivity index (χ0) is 7.56. The van der Waals surface area contributed by atoms with Gasteiger partial charge in [0.25, 0.3) is 0 Å². The second-order valence-corrected chi connectivity index (χ2v) is 2.51. The number of aromatic nitrogens is 1. The Balaban J connectivity index is 2.97. The van der Waals surface area contributed by atoms with Crippen molar-refractivity contribution in [3.63, 3.8) is 0 Å². The van der Waals surface area contributed by atoms with Gasteiger partial charge in [0.1, 0.15) is 5.76 Å². The summed E-state index contributed by atoms with van der Waals surface area (Å²) >= 11 is 4.11. The van der Waals surface area contributed by atoms with Gasteiger partial charge in [-0.1, -0.05) is 12.1 Å². The first-order valence-corrected chi connectivity index (χ1v) is 3.97. The average molecular weight is 157 g/mol. The van der Waals surface area contributed by atoms with Gasteiger partial charge < -0.3 is 4.52 Å². The Morgan fingerprint density at radius 2 is 2.30 bits per heavy atom. The summed E-state index contributed by atoms with van der Waals surface area (Å²) in [6.45, 7) is 4.07. The van der Waals surface area contributed by atoms with Crippen molar-refractivity contribution in [2.75, 3.05) is 0 Å². The Hall–Kier alpha value is -0.440. The summed E-state index contributed by atoms with van der Waals surface area (Å²) in [5, 5.41) is 3.85. The lowest BCUT2D eigenvalue weighted by Crippen LogP contribution is -1.82. The van der Waals surface area contributed by atoms with Crippen molar-refractivity contribution in [1.82, 2.24) is 5.16 Å². The Labute approximate surface area is 66.0 Å². The summed E-state index contributed by atoms with van der Waals surface area (Å²) < 4.78 is 5.04. The standard InChI is InChI=1S/C7H11NOS/c1-3-7-5(2)6(4-10)8-9-7/h10H,3-4H2,1-2H3. The van der Waals surface area contributed by atoms with Crippen molar-refractivity contribution >= 4 is 12.6 Å². The smallest absolute Gasteiger partial charge is 0.139 e. The van der Waals surface area contributed by atoms with Crippen molar-refractivity contribution in [3.05, 3.63) is 17.0 Å². The van der Waals surface area contributed by atoms with Crippen LogP contribution >= 0.6 is 12.6 Å². The lowest BCUT2D eigenvalue weighted by Gasteiger charge is -1.88. The Morgan fingerprint density at radius 3 is 2.60 bits per heavy atom. The molecule has 0 bridgehead atoms. The predicted molar refractivity (Wildman–Crippen MR) is 43.3 cm³/mol. The minimum Gasteiger partial charge on any atom is -0.361 e. The SMILES string of the molecule is CCc1onc(CS)c1C. The maximum Gasteiger partial charge on any atom is 0.139 e. The molecule has 0 aromatic carbocycles. The summed E-state index contributed by atoms with van der Waals surface area (Å²) in [6.07, 6.45) is 0.909.